The summed E-state index contributed by atoms with van der Waals surface area (Å²) in [5, 5.41) is 18.3. The highest BCUT2D eigenvalue weighted by Gasteiger charge is 2.45. The van der Waals surface area contributed by atoms with E-state index in [0.29, 0.717) is 0 Å². The first-order valence-corrected chi connectivity index (χ1v) is 8.54. The number of aliphatic hydroxyl groups excluding tert-OH is 1. The van der Waals surface area contributed by atoms with E-state index >= 15 is 0 Å². The van der Waals surface area contributed by atoms with E-state index < -0.39 is 0 Å². The Kier molecular flexibility index (Phi) is 4.12. The van der Waals surface area contributed by atoms with Gasteiger partial charge in [0, 0.05) is 23.7 Å². The molecular weight excluding hydrogens is 276 g/mol. The first-order valence-electron chi connectivity index (χ1n) is 8.54. The highest BCUT2D eigenvalue weighted by molar-refractivity contribution is 5.86. The summed E-state index contributed by atoms with van der Waals surface area (Å²) < 4.78 is 2.04. The molecule has 22 heavy (non-hydrogen) atoms. The first-order chi connectivity index (χ1) is 10.5. The lowest BCUT2D eigenvalue weighted by Gasteiger charge is -2.48. The SMILES string of the molecule is CCCCc1cc2n(n1)C(C)(NC1(CO)CCC1)CC(C)=N2. The number of aromatic nitrogens is 2. The molecule has 1 atom stereocenters. The number of nitrogens with one attached hydrogen (secondary N) is 1. The van der Waals surface area contributed by atoms with Gasteiger partial charge in [-0.15, -0.1) is 0 Å². The highest BCUT2D eigenvalue weighted by Crippen LogP contribution is 2.38. The van der Waals surface area contributed by atoms with Gasteiger partial charge in [-0.25, -0.2) is 9.67 Å². The Labute approximate surface area is 132 Å². The van der Waals surface area contributed by atoms with E-state index in [2.05, 4.69) is 37.1 Å². The molecule has 1 saturated carbocycles. The topological polar surface area (TPSA) is 62.4 Å². The van der Waals surface area contributed by atoms with Crippen molar-refractivity contribution >= 4 is 11.5 Å². The minimum Gasteiger partial charge on any atom is -0.394 e. The van der Waals surface area contributed by atoms with Gasteiger partial charge in [-0.2, -0.15) is 5.10 Å². The molecule has 0 spiro atoms. The van der Waals surface area contributed by atoms with Crippen LogP contribution in [0.4, 0.5) is 5.82 Å². The number of aliphatic hydroxyl groups is 1. The molecule has 0 saturated heterocycles. The van der Waals surface area contributed by atoms with E-state index in [-0.39, 0.29) is 17.8 Å². The quantitative estimate of drug-likeness (QED) is 0.849. The summed E-state index contributed by atoms with van der Waals surface area (Å²) in [4.78, 5) is 4.68. The normalized spacial score (nSPS) is 26.3. The van der Waals surface area contributed by atoms with Crippen molar-refractivity contribution in [1.29, 1.82) is 0 Å². The summed E-state index contributed by atoms with van der Waals surface area (Å²) in [6, 6.07) is 2.12. The second-order valence-electron chi connectivity index (χ2n) is 7.22. The molecule has 0 radical (unpaired) electrons. The molecule has 1 fully saturated rings. The fraction of sp³-hybridized carbons (Fsp3) is 0.765. The molecule has 2 N–H and O–H groups in total. The number of unbranched alkanes of at least 4 members (excludes halogenated alkanes) is 1. The van der Waals surface area contributed by atoms with E-state index in [1.165, 1.54) is 12.8 Å². The second-order valence-corrected chi connectivity index (χ2v) is 7.22. The summed E-state index contributed by atoms with van der Waals surface area (Å²) in [5.74, 6) is 0.942. The number of aliphatic imine (C=N–C) groups is 1. The van der Waals surface area contributed by atoms with E-state index in [1.54, 1.807) is 0 Å². The van der Waals surface area contributed by atoms with Crippen molar-refractivity contribution in [3.8, 4) is 0 Å². The lowest BCUT2D eigenvalue weighted by Crippen LogP contribution is -2.63. The van der Waals surface area contributed by atoms with Crippen molar-refractivity contribution in [2.75, 3.05) is 6.61 Å². The van der Waals surface area contributed by atoms with Crippen molar-refractivity contribution in [3.05, 3.63) is 11.8 Å². The number of hydrogen-bond acceptors (Lipinski definition) is 4. The van der Waals surface area contributed by atoms with Crippen molar-refractivity contribution in [2.45, 2.75) is 76.9 Å². The van der Waals surface area contributed by atoms with Crippen molar-refractivity contribution < 1.29 is 5.11 Å². The largest absolute Gasteiger partial charge is 0.394 e. The predicted octanol–water partition coefficient (Wildman–Crippen LogP) is 2.90. The van der Waals surface area contributed by atoms with Crippen LogP contribution in [0.25, 0.3) is 0 Å². The molecule has 1 aliphatic heterocycles. The van der Waals surface area contributed by atoms with Gasteiger partial charge in [0.05, 0.1) is 12.3 Å². The average Bonchev–Trinajstić information content (AvgIpc) is 2.84. The number of nitrogens with zero attached hydrogens (tertiary/aromatic N) is 3. The summed E-state index contributed by atoms with van der Waals surface area (Å²) in [5.41, 5.74) is 1.81. The molecule has 1 unspecified atom stereocenters. The Hall–Kier alpha value is -1.20. The van der Waals surface area contributed by atoms with Gasteiger partial charge in [-0.3, -0.25) is 5.32 Å². The van der Waals surface area contributed by atoms with Gasteiger partial charge < -0.3 is 5.11 Å². The monoisotopic (exact) mass is 304 g/mol. The van der Waals surface area contributed by atoms with Crippen molar-refractivity contribution in [2.24, 2.45) is 4.99 Å². The van der Waals surface area contributed by atoms with E-state index in [4.69, 9.17) is 5.10 Å². The standard InChI is InChI=1S/C17H28N4O/c1-4-5-7-14-10-15-18-13(2)11-16(3,21(15)19-14)20-17(12-22)8-6-9-17/h10,20,22H,4-9,11-12H2,1-3H3. The molecule has 3 rings (SSSR count). The summed E-state index contributed by atoms with van der Waals surface area (Å²) in [6.07, 6.45) is 7.42. The highest BCUT2D eigenvalue weighted by atomic mass is 16.3. The van der Waals surface area contributed by atoms with Crippen LogP contribution in [0.1, 0.15) is 65.0 Å². The van der Waals surface area contributed by atoms with Crippen LogP contribution in [0.15, 0.2) is 11.1 Å². The van der Waals surface area contributed by atoms with E-state index in [0.717, 1.165) is 49.3 Å². The Morgan fingerprint density at radius 1 is 1.41 bits per heavy atom. The van der Waals surface area contributed by atoms with Crippen LogP contribution < -0.4 is 5.32 Å². The minimum absolute atomic E-state index is 0.140. The fourth-order valence-corrected chi connectivity index (χ4v) is 3.74. The summed E-state index contributed by atoms with van der Waals surface area (Å²) in [7, 11) is 0. The van der Waals surface area contributed by atoms with Crippen LogP contribution in [0, 0.1) is 0 Å². The third kappa shape index (κ3) is 2.72. The van der Waals surface area contributed by atoms with Crippen LogP contribution >= 0.6 is 0 Å². The van der Waals surface area contributed by atoms with Gasteiger partial charge in [0.2, 0.25) is 0 Å². The molecule has 122 valence electrons. The van der Waals surface area contributed by atoms with Gasteiger partial charge in [0.25, 0.3) is 0 Å². The Morgan fingerprint density at radius 2 is 2.18 bits per heavy atom. The molecule has 1 aromatic rings. The van der Waals surface area contributed by atoms with Gasteiger partial charge >= 0.3 is 0 Å². The maximum atomic E-state index is 9.79. The fourth-order valence-electron chi connectivity index (χ4n) is 3.74. The van der Waals surface area contributed by atoms with Crippen LogP contribution in [0.2, 0.25) is 0 Å². The zero-order valence-corrected chi connectivity index (χ0v) is 14.0. The maximum Gasteiger partial charge on any atom is 0.152 e. The zero-order valence-electron chi connectivity index (χ0n) is 14.0. The lowest BCUT2D eigenvalue weighted by molar-refractivity contribution is 0.0299. The van der Waals surface area contributed by atoms with Gasteiger partial charge in [0.15, 0.2) is 5.82 Å². The Balaban J connectivity index is 1.89. The zero-order chi connectivity index (χ0) is 15.8. The van der Waals surface area contributed by atoms with Gasteiger partial charge in [-0.1, -0.05) is 13.3 Å². The number of rotatable bonds is 6. The number of fused-ring (bicyclic) bond motifs is 1. The smallest absolute Gasteiger partial charge is 0.152 e. The lowest BCUT2D eigenvalue weighted by atomic mass is 9.76. The molecule has 1 aliphatic carbocycles. The van der Waals surface area contributed by atoms with Crippen LogP contribution in [0.5, 0.6) is 0 Å². The third-order valence-corrected chi connectivity index (χ3v) is 5.05. The van der Waals surface area contributed by atoms with Crippen LogP contribution in [-0.2, 0) is 12.1 Å². The third-order valence-electron chi connectivity index (χ3n) is 5.05. The minimum atomic E-state index is -0.297. The summed E-state index contributed by atoms with van der Waals surface area (Å²) >= 11 is 0. The molecule has 0 aromatic carbocycles. The Bertz CT molecular complexity index is 568. The van der Waals surface area contributed by atoms with E-state index in [9.17, 15) is 5.11 Å². The second kappa shape index (κ2) is 5.78. The molecule has 2 aliphatic rings. The first kappa shape index (κ1) is 15.7. The van der Waals surface area contributed by atoms with Crippen molar-refractivity contribution in [1.82, 2.24) is 15.1 Å². The average molecular weight is 304 g/mol. The molecular formula is C17H28N4O. The van der Waals surface area contributed by atoms with E-state index in [1.807, 2.05) is 4.68 Å². The number of aryl methyl sites for hydroxylation is 1. The molecule has 2 heterocycles. The summed E-state index contributed by atoms with van der Waals surface area (Å²) in [6.45, 7) is 6.65. The molecule has 5 heteroatoms. The maximum absolute atomic E-state index is 9.79. The predicted molar refractivity (Wildman–Crippen MR) is 88.7 cm³/mol. The molecule has 0 amide bonds. The number of hydrogen-bond donors (Lipinski definition) is 2. The van der Waals surface area contributed by atoms with Crippen molar-refractivity contribution in [3.63, 3.8) is 0 Å². The van der Waals surface area contributed by atoms with Crippen LogP contribution in [0.3, 0.4) is 0 Å². The van der Waals surface area contributed by atoms with Gasteiger partial charge in [0.1, 0.15) is 5.66 Å². The molecule has 0 bridgehead atoms. The van der Waals surface area contributed by atoms with Gasteiger partial charge in [-0.05, 0) is 46.0 Å². The molecule has 1 aromatic heterocycles. The Morgan fingerprint density at radius 3 is 2.77 bits per heavy atom. The van der Waals surface area contributed by atoms with Crippen LogP contribution in [-0.4, -0.2) is 32.7 Å². The molecule has 5 nitrogen and oxygen atoms in total.